The van der Waals surface area contributed by atoms with Crippen molar-refractivity contribution in [2.24, 2.45) is 0 Å². The first-order valence-electron chi connectivity index (χ1n) is 40.2. The fourth-order valence-corrected chi connectivity index (χ4v) is 13.0. The molecule has 0 saturated heterocycles. The van der Waals surface area contributed by atoms with Crippen LogP contribution in [-0.2, 0) is 65.4 Å². The van der Waals surface area contributed by atoms with Crippen LogP contribution in [0.1, 0.15) is 387 Å². The van der Waals surface area contributed by atoms with Crippen molar-refractivity contribution in [3.8, 4) is 0 Å². The van der Waals surface area contributed by atoms with Gasteiger partial charge >= 0.3 is 39.5 Å². The SMILES string of the molecule is CCCCC/C=C\C/C=C\CCCCCCCC(=O)OC[C@H](COP(=O)(O)OC[C@@H](O)COP(=O)(O)OC[C@@H](COC(=O)CCCCCCC/C=C\CCCCCC)OC(=O)CCCCCCCCCCCCCCCCC)OC(=O)CCCCCCCCCCCCCCCCC. The van der Waals surface area contributed by atoms with Crippen molar-refractivity contribution in [2.75, 3.05) is 39.6 Å². The van der Waals surface area contributed by atoms with Gasteiger partial charge in [0.25, 0.3) is 0 Å². The maximum absolute atomic E-state index is 13.1. The van der Waals surface area contributed by atoms with Crippen molar-refractivity contribution in [1.29, 1.82) is 0 Å². The molecule has 2 unspecified atom stereocenters. The minimum Gasteiger partial charge on any atom is -0.462 e. The summed E-state index contributed by atoms with van der Waals surface area (Å²) in [4.78, 5) is 72.9. The molecule has 0 aliphatic rings. The molecular formula is C79H148O17P2. The number of unbranched alkanes of at least 4 members (excludes halogenated alkanes) is 45. The Labute approximate surface area is 598 Å². The highest BCUT2D eigenvalue weighted by Crippen LogP contribution is 2.45. The summed E-state index contributed by atoms with van der Waals surface area (Å²) in [5.74, 6) is -2.15. The van der Waals surface area contributed by atoms with Crippen LogP contribution in [0.4, 0.5) is 0 Å². The van der Waals surface area contributed by atoms with Crippen molar-refractivity contribution in [3.63, 3.8) is 0 Å². The van der Waals surface area contributed by atoms with Crippen molar-refractivity contribution in [2.45, 2.75) is 406 Å². The molecule has 3 N–H and O–H groups in total. The van der Waals surface area contributed by atoms with E-state index < -0.39 is 97.5 Å². The van der Waals surface area contributed by atoms with Gasteiger partial charge in [-0.2, -0.15) is 0 Å². The molecule has 0 spiro atoms. The number of rotatable bonds is 77. The van der Waals surface area contributed by atoms with Gasteiger partial charge in [0.1, 0.15) is 19.3 Å². The minimum absolute atomic E-state index is 0.101. The molecule has 0 amide bonds. The molecule has 0 rings (SSSR count). The van der Waals surface area contributed by atoms with E-state index in [2.05, 4.69) is 64.2 Å². The van der Waals surface area contributed by atoms with E-state index in [4.69, 9.17) is 37.0 Å². The lowest BCUT2D eigenvalue weighted by Crippen LogP contribution is -2.30. The lowest BCUT2D eigenvalue weighted by Gasteiger charge is -2.21. The second-order valence-corrected chi connectivity index (χ2v) is 30.3. The van der Waals surface area contributed by atoms with Gasteiger partial charge in [-0.25, -0.2) is 9.13 Å². The molecule has 0 fully saturated rings. The van der Waals surface area contributed by atoms with Crippen LogP contribution < -0.4 is 0 Å². The summed E-state index contributed by atoms with van der Waals surface area (Å²) in [7, 11) is -9.93. The number of aliphatic hydroxyl groups excluding tert-OH is 1. The standard InChI is InChI=1S/C79H148O17P2/c1-5-9-13-17-21-25-29-33-36-40-44-48-52-56-60-64-77(82)90-70-75(96-79(84)66-62-58-54-50-46-42-38-35-31-27-23-19-15-11-7-3)72-94-98(87,88)92-68-73(80)67-91-97(85,86)93-71-74(69-89-76(81)63-59-55-51-47-43-39-32-28-24-20-16-12-8-4)95-78(83)65-61-57-53-49-45-41-37-34-30-26-22-18-14-10-6-2/h21,25,28,32-33,36,73-75,80H,5-20,22-24,26-27,29-31,34-35,37-72H2,1-4H3,(H,85,86)(H,87,88)/b25-21-,32-28-,36-33-/t73-,74+,75+/m0/s1. The Morgan fingerprint density at radius 2 is 0.500 bits per heavy atom. The number of carbonyl (C=O) groups is 4. The fraction of sp³-hybridized carbons (Fsp3) is 0.873. The molecule has 0 aliphatic heterocycles. The van der Waals surface area contributed by atoms with Gasteiger partial charge in [-0.1, -0.05) is 315 Å². The number of carbonyl (C=O) groups excluding carboxylic acids is 4. The molecule has 0 saturated carbocycles. The van der Waals surface area contributed by atoms with Crippen LogP contribution in [0.25, 0.3) is 0 Å². The Bertz CT molecular complexity index is 2000. The van der Waals surface area contributed by atoms with E-state index in [-0.39, 0.29) is 25.7 Å². The van der Waals surface area contributed by atoms with E-state index in [1.807, 2.05) is 0 Å². The number of aliphatic hydroxyl groups is 1. The maximum Gasteiger partial charge on any atom is 0.472 e. The van der Waals surface area contributed by atoms with E-state index in [0.717, 1.165) is 135 Å². The van der Waals surface area contributed by atoms with E-state index >= 15 is 0 Å². The second kappa shape index (κ2) is 72.6. The number of hydrogen-bond donors (Lipinski definition) is 3. The van der Waals surface area contributed by atoms with Crippen LogP contribution in [0.5, 0.6) is 0 Å². The average molecular weight is 1430 g/mol. The van der Waals surface area contributed by atoms with Crippen molar-refractivity contribution in [3.05, 3.63) is 36.5 Å². The summed E-state index contributed by atoms with van der Waals surface area (Å²) >= 11 is 0. The second-order valence-electron chi connectivity index (χ2n) is 27.4. The number of phosphoric acid groups is 2. The van der Waals surface area contributed by atoms with Gasteiger partial charge in [-0.3, -0.25) is 37.3 Å². The monoisotopic (exact) mass is 1430 g/mol. The predicted molar refractivity (Wildman–Crippen MR) is 400 cm³/mol. The Hall–Kier alpha value is -2.72. The summed E-state index contributed by atoms with van der Waals surface area (Å²) in [5, 5.41) is 10.6. The molecule has 0 bridgehead atoms. The van der Waals surface area contributed by atoms with Crippen molar-refractivity contribution < 1.29 is 80.2 Å². The van der Waals surface area contributed by atoms with Gasteiger partial charge in [0, 0.05) is 25.7 Å². The smallest absolute Gasteiger partial charge is 0.462 e. The van der Waals surface area contributed by atoms with Crippen LogP contribution in [-0.4, -0.2) is 96.7 Å². The summed E-state index contributed by atoms with van der Waals surface area (Å²) < 4.78 is 68.6. The first-order valence-corrected chi connectivity index (χ1v) is 43.2. The van der Waals surface area contributed by atoms with Gasteiger partial charge in [-0.05, 0) is 83.5 Å². The Morgan fingerprint density at radius 3 is 0.796 bits per heavy atom. The highest BCUT2D eigenvalue weighted by Gasteiger charge is 2.30. The van der Waals surface area contributed by atoms with Gasteiger partial charge in [0.2, 0.25) is 0 Å². The lowest BCUT2D eigenvalue weighted by molar-refractivity contribution is -0.161. The molecule has 17 nitrogen and oxygen atoms in total. The lowest BCUT2D eigenvalue weighted by atomic mass is 10.0. The quantitative estimate of drug-likeness (QED) is 0.0169. The molecule has 0 aliphatic carbocycles. The molecule has 0 radical (unpaired) electrons. The van der Waals surface area contributed by atoms with Crippen molar-refractivity contribution in [1.82, 2.24) is 0 Å². The van der Waals surface area contributed by atoms with E-state index in [9.17, 15) is 43.2 Å². The molecular weight excluding hydrogens is 1280 g/mol. The zero-order valence-electron chi connectivity index (χ0n) is 63.0. The van der Waals surface area contributed by atoms with Gasteiger partial charge in [0.05, 0.1) is 26.4 Å². The molecule has 0 heterocycles. The molecule has 0 aromatic carbocycles. The Morgan fingerprint density at radius 1 is 0.286 bits per heavy atom. The number of ether oxygens (including phenoxy) is 4. The fourth-order valence-electron chi connectivity index (χ4n) is 11.4. The highest BCUT2D eigenvalue weighted by molar-refractivity contribution is 7.47. The van der Waals surface area contributed by atoms with E-state index in [1.54, 1.807) is 0 Å². The zero-order chi connectivity index (χ0) is 71.8. The molecule has 5 atom stereocenters. The summed E-state index contributed by atoms with van der Waals surface area (Å²) in [6, 6.07) is 0. The third kappa shape index (κ3) is 71.7. The topological polar surface area (TPSA) is 237 Å². The van der Waals surface area contributed by atoms with E-state index in [0.29, 0.717) is 25.7 Å². The van der Waals surface area contributed by atoms with Gasteiger partial charge < -0.3 is 33.8 Å². The Kier molecular flexibility index (Phi) is 70.6. The first-order chi connectivity index (χ1) is 47.7. The van der Waals surface area contributed by atoms with Crippen LogP contribution in [0.15, 0.2) is 36.5 Å². The molecule has 576 valence electrons. The van der Waals surface area contributed by atoms with Crippen LogP contribution in [0.3, 0.4) is 0 Å². The van der Waals surface area contributed by atoms with Gasteiger partial charge in [-0.15, -0.1) is 0 Å². The van der Waals surface area contributed by atoms with Crippen LogP contribution in [0.2, 0.25) is 0 Å². The van der Waals surface area contributed by atoms with E-state index in [1.165, 1.54) is 173 Å². The van der Waals surface area contributed by atoms with Crippen molar-refractivity contribution >= 4 is 39.5 Å². The number of phosphoric ester groups is 2. The largest absolute Gasteiger partial charge is 0.472 e. The van der Waals surface area contributed by atoms with Gasteiger partial charge in [0.15, 0.2) is 12.2 Å². The number of allylic oxidation sites excluding steroid dienone is 6. The maximum atomic E-state index is 13.1. The minimum atomic E-state index is -4.97. The highest BCUT2D eigenvalue weighted by atomic mass is 31.2. The summed E-state index contributed by atoms with van der Waals surface area (Å²) in [6.45, 7) is 4.91. The predicted octanol–water partition coefficient (Wildman–Crippen LogP) is 23.1. The Balaban J connectivity index is 5.31. The third-order valence-corrected chi connectivity index (χ3v) is 19.5. The zero-order valence-corrected chi connectivity index (χ0v) is 64.8. The molecule has 98 heavy (non-hydrogen) atoms. The summed E-state index contributed by atoms with van der Waals surface area (Å²) in [5.41, 5.74) is 0. The number of esters is 4. The average Bonchev–Trinajstić information content (AvgIpc) is 1.04. The summed E-state index contributed by atoms with van der Waals surface area (Å²) in [6.07, 6.45) is 68.3. The first kappa shape index (κ1) is 95.3. The molecule has 0 aromatic rings. The molecule has 19 heteroatoms. The molecule has 0 aromatic heterocycles. The normalized spacial score (nSPS) is 14.1. The third-order valence-electron chi connectivity index (χ3n) is 17.6. The number of hydrogen-bond acceptors (Lipinski definition) is 15. The van der Waals surface area contributed by atoms with Crippen LogP contribution in [0, 0.1) is 0 Å². The van der Waals surface area contributed by atoms with Crippen LogP contribution >= 0.6 is 15.6 Å².